The second kappa shape index (κ2) is 12.7. The van der Waals surface area contributed by atoms with Crippen molar-refractivity contribution in [3.05, 3.63) is 93.8 Å². The van der Waals surface area contributed by atoms with Crippen molar-refractivity contribution in [3.63, 3.8) is 0 Å². The van der Waals surface area contributed by atoms with Gasteiger partial charge in [0.15, 0.2) is 0 Å². The lowest BCUT2D eigenvalue weighted by molar-refractivity contribution is -0.137. The van der Waals surface area contributed by atoms with Crippen LogP contribution in [-0.4, -0.2) is 62.0 Å². The van der Waals surface area contributed by atoms with Crippen LogP contribution in [0.15, 0.2) is 59.5 Å². The normalized spacial score (nSPS) is 17.5. The number of benzene rings is 3. The summed E-state index contributed by atoms with van der Waals surface area (Å²) in [5.74, 6) is -1.44. The van der Waals surface area contributed by atoms with Gasteiger partial charge in [-0.1, -0.05) is 43.3 Å². The van der Waals surface area contributed by atoms with E-state index in [1.807, 2.05) is 51.0 Å². The highest BCUT2D eigenvalue weighted by atomic mass is 32.2. The van der Waals surface area contributed by atoms with Crippen LogP contribution < -0.4 is 4.74 Å². The topological polar surface area (TPSA) is 87.2 Å². The fourth-order valence-corrected chi connectivity index (χ4v) is 6.87. The molecule has 1 aliphatic rings. The molecule has 0 saturated carbocycles. The molecule has 3 aromatic carbocycles. The van der Waals surface area contributed by atoms with Crippen molar-refractivity contribution in [1.82, 2.24) is 9.21 Å². The Hall–Kier alpha value is -3.27. The summed E-state index contributed by atoms with van der Waals surface area (Å²) in [6, 6.07) is 15.7. The van der Waals surface area contributed by atoms with Gasteiger partial charge in [-0.2, -0.15) is 4.31 Å². The van der Waals surface area contributed by atoms with Crippen molar-refractivity contribution in [1.29, 1.82) is 0 Å². The standard InChI is InChI=1S/C32H39FN2O5S/c1-6-26-20-35(41(38,39)31-10-8-7-9-30(31)40-26)19-25-16-23(12-11-21(25)2)28(18-32(36)37)27-17-24(13-14-34(4)5)29(33)15-22(27)3/h7-12,15-17,26,28H,6,13-14,18-20H2,1-5H3,(H,36,37). The van der Waals surface area contributed by atoms with Crippen LogP contribution in [0.25, 0.3) is 0 Å². The number of hydrogen-bond acceptors (Lipinski definition) is 5. The maximum absolute atomic E-state index is 14.9. The third kappa shape index (κ3) is 6.97. The smallest absolute Gasteiger partial charge is 0.304 e. The Morgan fingerprint density at radius 1 is 1.10 bits per heavy atom. The molecule has 41 heavy (non-hydrogen) atoms. The number of fused-ring (bicyclic) bond motifs is 1. The molecule has 220 valence electrons. The molecule has 0 aromatic heterocycles. The monoisotopic (exact) mass is 582 g/mol. The van der Waals surface area contributed by atoms with E-state index in [1.165, 1.54) is 10.4 Å². The zero-order valence-electron chi connectivity index (χ0n) is 24.4. The van der Waals surface area contributed by atoms with Gasteiger partial charge in [0.2, 0.25) is 10.0 Å². The third-order valence-electron chi connectivity index (χ3n) is 7.76. The largest absolute Gasteiger partial charge is 0.488 e. The molecule has 9 heteroatoms. The number of likely N-dealkylation sites (N-methyl/N-ethyl adjacent to an activating group) is 1. The van der Waals surface area contributed by atoms with Crippen molar-refractivity contribution in [3.8, 4) is 5.75 Å². The molecule has 1 heterocycles. The maximum Gasteiger partial charge on any atom is 0.304 e. The van der Waals surface area contributed by atoms with E-state index in [0.29, 0.717) is 36.3 Å². The number of rotatable bonds is 10. The summed E-state index contributed by atoms with van der Waals surface area (Å²) in [4.78, 5) is 14.1. The first-order valence-electron chi connectivity index (χ1n) is 13.9. The molecule has 0 saturated heterocycles. The van der Waals surface area contributed by atoms with Gasteiger partial charge in [-0.3, -0.25) is 4.79 Å². The van der Waals surface area contributed by atoms with Gasteiger partial charge >= 0.3 is 5.97 Å². The maximum atomic E-state index is 14.9. The Bertz CT molecular complexity index is 1520. The predicted octanol–water partition coefficient (Wildman–Crippen LogP) is 5.52. The van der Waals surface area contributed by atoms with Gasteiger partial charge in [0.05, 0.1) is 13.0 Å². The number of sulfonamides is 1. The first-order chi connectivity index (χ1) is 19.4. The first-order valence-corrected chi connectivity index (χ1v) is 15.3. The molecule has 7 nitrogen and oxygen atoms in total. The van der Waals surface area contributed by atoms with Gasteiger partial charge in [-0.15, -0.1) is 0 Å². The second-order valence-corrected chi connectivity index (χ2v) is 13.0. The molecule has 0 fully saturated rings. The van der Waals surface area contributed by atoms with Crippen LogP contribution in [0.5, 0.6) is 5.75 Å². The van der Waals surface area contributed by atoms with Crippen LogP contribution in [0, 0.1) is 19.7 Å². The SMILES string of the molecule is CCC1CN(Cc2cc(C(CC(=O)O)c3cc(CCN(C)C)c(F)cc3C)ccc2C)S(=O)(=O)c2ccccc2O1. The minimum absolute atomic E-state index is 0.118. The summed E-state index contributed by atoms with van der Waals surface area (Å²) in [6.07, 6.45) is 0.655. The predicted molar refractivity (Wildman–Crippen MR) is 157 cm³/mol. The van der Waals surface area contributed by atoms with Crippen LogP contribution in [0.4, 0.5) is 4.39 Å². The van der Waals surface area contributed by atoms with Crippen LogP contribution in [0.3, 0.4) is 0 Å². The zero-order chi connectivity index (χ0) is 29.9. The Labute approximate surface area is 242 Å². The molecule has 3 aromatic rings. The number of hydrogen-bond donors (Lipinski definition) is 1. The lowest BCUT2D eigenvalue weighted by atomic mass is 9.83. The van der Waals surface area contributed by atoms with Crippen molar-refractivity contribution in [2.45, 2.75) is 63.5 Å². The molecule has 0 radical (unpaired) electrons. The molecule has 4 rings (SSSR count). The van der Waals surface area contributed by atoms with Gasteiger partial charge in [0.25, 0.3) is 0 Å². The summed E-state index contributed by atoms with van der Waals surface area (Å²) >= 11 is 0. The molecule has 2 atom stereocenters. The first kappa shape index (κ1) is 30.7. The van der Waals surface area contributed by atoms with Crippen LogP contribution in [0.1, 0.15) is 59.1 Å². The van der Waals surface area contributed by atoms with E-state index in [9.17, 15) is 22.7 Å². The van der Waals surface area contributed by atoms with Crippen molar-refractivity contribution < 1.29 is 27.4 Å². The van der Waals surface area contributed by atoms with Crippen LogP contribution >= 0.6 is 0 Å². The Morgan fingerprint density at radius 2 is 1.83 bits per heavy atom. The average Bonchev–Trinajstić information content (AvgIpc) is 3.01. The highest BCUT2D eigenvalue weighted by Gasteiger charge is 2.34. The number of carboxylic acids is 1. The summed E-state index contributed by atoms with van der Waals surface area (Å²) in [7, 11) is 0.00180. The minimum atomic E-state index is -3.84. The van der Waals surface area contributed by atoms with E-state index in [4.69, 9.17) is 4.74 Å². The van der Waals surface area contributed by atoms with Crippen molar-refractivity contribution in [2.75, 3.05) is 27.2 Å². The number of ether oxygens (including phenoxy) is 1. The molecule has 0 aliphatic carbocycles. The number of halogens is 1. The van der Waals surface area contributed by atoms with Crippen molar-refractivity contribution >= 4 is 16.0 Å². The molecule has 0 amide bonds. The van der Waals surface area contributed by atoms with Gasteiger partial charge in [0.1, 0.15) is 22.6 Å². The molecule has 0 spiro atoms. The van der Waals surface area contributed by atoms with Crippen molar-refractivity contribution in [2.24, 2.45) is 0 Å². The number of aliphatic carboxylic acids is 1. The minimum Gasteiger partial charge on any atom is -0.488 e. The van der Waals surface area contributed by atoms with E-state index in [0.717, 1.165) is 22.3 Å². The summed E-state index contributed by atoms with van der Waals surface area (Å²) < 4.78 is 49.8. The van der Waals surface area contributed by atoms with Gasteiger partial charge in [0, 0.05) is 19.0 Å². The quantitative estimate of drug-likeness (QED) is 0.339. The van der Waals surface area contributed by atoms with E-state index in [-0.39, 0.29) is 36.3 Å². The number of para-hydroxylation sites is 1. The van der Waals surface area contributed by atoms with Crippen LogP contribution in [0.2, 0.25) is 0 Å². The molecular formula is C32H39FN2O5S. The fraction of sp³-hybridized carbons (Fsp3) is 0.406. The zero-order valence-corrected chi connectivity index (χ0v) is 25.2. The number of carbonyl (C=O) groups is 1. The lowest BCUT2D eigenvalue weighted by Gasteiger charge is -2.25. The lowest BCUT2D eigenvalue weighted by Crippen LogP contribution is -2.36. The molecule has 2 unspecified atom stereocenters. The number of carboxylic acid groups (broad SMARTS) is 1. The molecule has 0 bridgehead atoms. The highest BCUT2D eigenvalue weighted by Crippen LogP contribution is 2.36. The Balaban J connectivity index is 1.75. The fourth-order valence-electron chi connectivity index (χ4n) is 5.30. The van der Waals surface area contributed by atoms with E-state index in [1.54, 1.807) is 37.3 Å². The van der Waals surface area contributed by atoms with Crippen LogP contribution in [-0.2, 0) is 27.8 Å². The average molecular weight is 583 g/mol. The Morgan fingerprint density at radius 3 is 2.51 bits per heavy atom. The second-order valence-electron chi connectivity index (χ2n) is 11.1. The molecule has 1 aliphatic heterocycles. The highest BCUT2D eigenvalue weighted by molar-refractivity contribution is 7.89. The molecule has 1 N–H and O–H groups in total. The summed E-state index contributed by atoms with van der Waals surface area (Å²) in [6.45, 7) is 6.65. The summed E-state index contributed by atoms with van der Waals surface area (Å²) in [5.41, 5.74) is 4.40. The molecular weight excluding hydrogens is 543 g/mol. The third-order valence-corrected chi connectivity index (χ3v) is 9.61. The number of nitrogens with zero attached hydrogens (tertiary/aromatic N) is 2. The van der Waals surface area contributed by atoms with E-state index >= 15 is 0 Å². The van der Waals surface area contributed by atoms with Gasteiger partial charge in [-0.05, 0) is 92.4 Å². The van der Waals surface area contributed by atoms with E-state index in [2.05, 4.69) is 0 Å². The van der Waals surface area contributed by atoms with E-state index < -0.39 is 21.9 Å². The van der Waals surface area contributed by atoms with Gasteiger partial charge < -0.3 is 14.7 Å². The number of aryl methyl sites for hydroxylation is 2. The van der Waals surface area contributed by atoms with Gasteiger partial charge in [-0.25, -0.2) is 12.8 Å². The Kier molecular flexibility index (Phi) is 9.51. The summed E-state index contributed by atoms with van der Waals surface area (Å²) in [5, 5.41) is 9.85.